The summed E-state index contributed by atoms with van der Waals surface area (Å²) in [4.78, 5) is 11.6. The number of aromatic amines is 3. The molecule has 0 aliphatic carbocycles. The summed E-state index contributed by atoms with van der Waals surface area (Å²) in [6, 6.07) is 39.6. The average molecular weight is 613 g/mol. The minimum Gasteiger partial charge on any atom is -0.353 e. The first-order valence-electron chi connectivity index (χ1n) is 16.5. The Morgan fingerprint density at radius 2 is 0.625 bits per heavy atom. The van der Waals surface area contributed by atoms with Crippen molar-refractivity contribution in [1.82, 2.24) is 28.2 Å². The van der Waals surface area contributed by atoms with Crippen molar-refractivity contribution < 1.29 is 0 Å². The largest absolute Gasteiger partial charge is 0.353 e. The van der Waals surface area contributed by atoms with Gasteiger partial charge in [0.15, 0.2) is 0 Å². The molecule has 0 saturated heterocycles. The van der Waals surface area contributed by atoms with E-state index in [1.807, 2.05) is 0 Å². The smallest absolute Gasteiger partial charge is 0.0717 e. The monoisotopic (exact) mass is 612 g/mol. The number of hydrogen-bond donors (Lipinski definition) is 3. The fourth-order valence-corrected chi connectivity index (χ4v) is 9.26. The maximum Gasteiger partial charge on any atom is 0.0717 e. The molecule has 13 aromatic rings. The SMILES string of the molecule is c1ccc2c(c1)[nH]c1c2c2c3c(c4c5ccccc5[nH]c4c4cccn43)c3c(c4c5ccccc5[nH]c4c4cccn43)c2n2cccc12. The number of rotatable bonds is 0. The zero-order chi connectivity index (χ0) is 30.8. The Kier molecular flexibility index (Phi) is 3.85. The topological polar surface area (TPSA) is 60.6 Å². The number of para-hydroxylation sites is 3. The van der Waals surface area contributed by atoms with Crippen LogP contribution in [0.1, 0.15) is 0 Å². The first kappa shape index (κ1) is 23.6. The van der Waals surface area contributed by atoms with Crippen LogP contribution < -0.4 is 0 Å². The Morgan fingerprint density at radius 1 is 0.312 bits per heavy atom. The maximum atomic E-state index is 3.86. The number of fused-ring (bicyclic) bond motifs is 27. The molecule has 0 amide bonds. The molecule has 0 fully saturated rings. The zero-order valence-corrected chi connectivity index (χ0v) is 25.5. The average Bonchev–Trinajstić information content (AvgIpc) is 3.97. The van der Waals surface area contributed by atoms with Crippen molar-refractivity contribution >= 4 is 115 Å². The molecule has 3 N–H and O–H groups in total. The Labute approximate surface area is 270 Å². The van der Waals surface area contributed by atoms with Gasteiger partial charge in [-0.3, -0.25) is 0 Å². The van der Waals surface area contributed by atoms with E-state index in [2.05, 4.69) is 156 Å². The van der Waals surface area contributed by atoms with Crippen molar-refractivity contribution in [2.45, 2.75) is 0 Å². The molecule has 0 unspecified atom stereocenters. The molecule has 6 heteroatoms. The van der Waals surface area contributed by atoms with Gasteiger partial charge in [-0.25, -0.2) is 0 Å². The van der Waals surface area contributed by atoms with E-state index >= 15 is 0 Å². The molecule has 13 rings (SSSR count). The predicted molar refractivity (Wildman–Crippen MR) is 200 cm³/mol. The van der Waals surface area contributed by atoms with E-state index in [4.69, 9.17) is 0 Å². The third kappa shape index (κ3) is 2.49. The van der Waals surface area contributed by atoms with Crippen molar-refractivity contribution in [3.8, 4) is 0 Å². The van der Waals surface area contributed by atoms with Crippen LogP contribution >= 0.6 is 0 Å². The summed E-state index contributed by atoms with van der Waals surface area (Å²) < 4.78 is 7.29. The molecule has 0 spiro atoms. The Bertz CT molecular complexity index is 3170. The van der Waals surface area contributed by atoms with Crippen LogP contribution in [0.4, 0.5) is 0 Å². The minimum absolute atomic E-state index is 1.14. The molecule has 0 saturated carbocycles. The van der Waals surface area contributed by atoms with E-state index < -0.39 is 0 Å². The van der Waals surface area contributed by atoms with Crippen molar-refractivity contribution in [2.75, 3.05) is 0 Å². The fourth-order valence-electron chi connectivity index (χ4n) is 9.26. The number of nitrogens with one attached hydrogen (secondary N) is 3. The molecule has 0 aliphatic heterocycles. The van der Waals surface area contributed by atoms with Crippen molar-refractivity contribution in [1.29, 1.82) is 0 Å². The summed E-state index contributed by atoms with van der Waals surface area (Å²) in [7, 11) is 0. The van der Waals surface area contributed by atoms with E-state index in [9.17, 15) is 0 Å². The molecule has 0 aliphatic rings. The zero-order valence-electron chi connectivity index (χ0n) is 25.5. The molecule has 48 heavy (non-hydrogen) atoms. The summed E-state index contributed by atoms with van der Waals surface area (Å²) in [6.07, 6.45) is 6.72. The van der Waals surface area contributed by atoms with Gasteiger partial charge >= 0.3 is 0 Å². The standard InChI is InChI=1S/C42H24N6/c1-4-13-25-22(10-1)31-34-40(46-19-7-16-28(46)37(31)43-25)35-32-23-11-2-6-15-27(23)45-39(32)30-18-9-21-48(30)42(35)36-33-24-12-3-5-14-26(24)44-38(33)29-17-8-20-47(29)41(34)36/h1-21,43-45H. The Balaban J connectivity index is 1.56. The van der Waals surface area contributed by atoms with Gasteiger partial charge in [0.2, 0.25) is 0 Å². The molecule has 0 atom stereocenters. The number of pyridine rings is 3. The molecular formula is C42H24N6. The third-order valence-electron chi connectivity index (χ3n) is 11.0. The van der Waals surface area contributed by atoms with Crippen LogP contribution in [0, 0.1) is 0 Å². The van der Waals surface area contributed by atoms with Crippen LogP contribution in [0.2, 0.25) is 0 Å². The lowest BCUT2D eigenvalue weighted by atomic mass is 9.94. The normalized spacial score (nSPS) is 13.0. The fraction of sp³-hybridized carbons (Fsp3) is 0. The van der Waals surface area contributed by atoms with Crippen molar-refractivity contribution in [3.05, 3.63) is 128 Å². The summed E-state index contributed by atoms with van der Waals surface area (Å²) in [6.45, 7) is 0. The van der Waals surface area contributed by atoms with Gasteiger partial charge in [0.05, 0.1) is 49.7 Å². The minimum atomic E-state index is 1.14. The summed E-state index contributed by atoms with van der Waals surface area (Å²) >= 11 is 0. The lowest BCUT2D eigenvalue weighted by Gasteiger charge is -2.19. The van der Waals surface area contributed by atoms with Gasteiger partial charge in [0.1, 0.15) is 0 Å². The number of hydrogen-bond acceptors (Lipinski definition) is 0. The Hall–Kier alpha value is -6.66. The molecule has 222 valence electrons. The van der Waals surface area contributed by atoms with Crippen LogP contribution in [0.5, 0.6) is 0 Å². The van der Waals surface area contributed by atoms with Crippen molar-refractivity contribution in [2.24, 2.45) is 0 Å². The molecule has 6 nitrogen and oxygen atoms in total. The molecule has 9 aromatic heterocycles. The van der Waals surface area contributed by atoms with Crippen molar-refractivity contribution in [3.63, 3.8) is 0 Å². The number of nitrogens with zero attached hydrogens (tertiary/aromatic N) is 3. The van der Waals surface area contributed by atoms with Crippen LogP contribution in [0.25, 0.3) is 115 Å². The van der Waals surface area contributed by atoms with Gasteiger partial charge < -0.3 is 28.2 Å². The van der Waals surface area contributed by atoms with Gasteiger partial charge in [-0.1, -0.05) is 54.6 Å². The summed E-state index contributed by atoms with van der Waals surface area (Å²) in [5.41, 5.74) is 14.1. The highest BCUT2D eigenvalue weighted by molar-refractivity contribution is 6.44. The number of aromatic nitrogens is 6. The molecule has 0 radical (unpaired) electrons. The highest BCUT2D eigenvalue weighted by atomic mass is 15.0. The predicted octanol–water partition coefficient (Wildman–Crippen LogP) is 10.8. The highest BCUT2D eigenvalue weighted by Gasteiger charge is 2.27. The number of benzene rings is 4. The molecule has 9 heterocycles. The highest BCUT2D eigenvalue weighted by Crippen LogP contribution is 2.50. The first-order valence-corrected chi connectivity index (χ1v) is 16.5. The van der Waals surface area contributed by atoms with Gasteiger partial charge in [0, 0.05) is 83.6 Å². The lowest BCUT2D eigenvalue weighted by molar-refractivity contribution is 1.26. The van der Waals surface area contributed by atoms with Crippen LogP contribution in [-0.2, 0) is 0 Å². The first-order chi connectivity index (χ1) is 23.8. The third-order valence-corrected chi connectivity index (χ3v) is 11.0. The van der Waals surface area contributed by atoms with E-state index in [-0.39, 0.29) is 0 Å². The van der Waals surface area contributed by atoms with Crippen LogP contribution in [0.3, 0.4) is 0 Å². The van der Waals surface area contributed by atoms with E-state index in [1.54, 1.807) is 0 Å². The summed E-state index contributed by atoms with van der Waals surface area (Å²) in [5.74, 6) is 0. The molecular weight excluding hydrogens is 589 g/mol. The van der Waals surface area contributed by atoms with E-state index in [0.29, 0.717) is 0 Å². The maximum absolute atomic E-state index is 3.86. The Morgan fingerprint density at radius 3 is 0.958 bits per heavy atom. The number of H-pyrrole nitrogens is 3. The van der Waals surface area contributed by atoms with E-state index in [0.717, 1.165) is 33.1 Å². The van der Waals surface area contributed by atoms with Crippen LogP contribution in [0.15, 0.2) is 128 Å². The second-order valence-electron chi connectivity index (χ2n) is 13.2. The van der Waals surface area contributed by atoms with Gasteiger partial charge in [-0.05, 0) is 54.6 Å². The van der Waals surface area contributed by atoms with E-state index in [1.165, 1.54) is 81.6 Å². The molecule has 4 aromatic carbocycles. The quantitative estimate of drug-likeness (QED) is 0.143. The van der Waals surface area contributed by atoms with Gasteiger partial charge in [0.25, 0.3) is 0 Å². The van der Waals surface area contributed by atoms with Crippen LogP contribution in [-0.4, -0.2) is 28.2 Å². The van der Waals surface area contributed by atoms with Gasteiger partial charge in [-0.2, -0.15) is 0 Å². The second-order valence-corrected chi connectivity index (χ2v) is 13.2. The second kappa shape index (κ2) is 7.82. The summed E-state index contributed by atoms with van der Waals surface area (Å²) in [5, 5.41) is 11.2. The lowest BCUT2D eigenvalue weighted by Crippen LogP contribution is -2.00. The molecule has 0 bridgehead atoms. The van der Waals surface area contributed by atoms with Gasteiger partial charge in [-0.15, -0.1) is 0 Å².